The second-order valence-corrected chi connectivity index (χ2v) is 6.43. The zero-order chi connectivity index (χ0) is 21.4. The van der Waals surface area contributed by atoms with E-state index in [1.807, 2.05) is 0 Å². The number of benzene rings is 2. The van der Waals surface area contributed by atoms with Crippen LogP contribution in [0.25, 0.3) is 0 Å². The summed E-state index contributed by atoms with van der Waals surface area (Å²) < 4.78 is 10.3. The van der Waals surface area contributed by atoms with Crippen LogP contribution in [0.5, 0.6) is 11.5 Å². The molecule has 2 N–H and O–H groups in total. The van der Waals surface area contributed by atoms with Crippen molar-refractivity contribution in [3.05, 3.63) is 59.2 Å². The fourth-order valence-corrected chi connectivity index (χ4v) is 2.53. The Balaban J connectivity index is 1.84. The van der Waals surface area contributed by atoms with Crippen LogP contribution in [0.1, 0.15) is 26.3 Å². The van der Waals surface area contributed by atoms with Gasteiger partial charge >= 0.3 is 0 Å². The fourth-order valence-electron chi connectivity index (χ4n) is 2.53. The van der Waals surface area contributed by atoms with Gasteiger partial charge in [-0.1, -0.05) is 12.1 Å². The number of carbonyl (C=O) groups is 3. The summed E-state index contributed by atoms with van der Waals surface area (Å²) in [6.45, 7) is 0.131. The summed E-state index contributed by atoms with van der Waals surface area (Å²) in [7, 11) is 6.37. The molecule has 0 saturated carbocycles. The Morgan fingerprint density at radius 2 is 1.48 bits per heavy atom. The van der Waals surface area contributed by atoms with E-state index in [0.717, 1.165) is 5.56 Å². The number of nitrogens with zero attached hydrogens (tertiary/aromatic N) is 1. The molecule has 0 radical (unpaired) electrons. The van der Waals surface area contributed by atoms with Crippen molar-refractivity contribution in [2.24, 2.45) is 0 Å². The second kappa shape index (κ2) is 10.1. The lowest BCUT2D eigenvalue weighted by atomic mass is 10.1. The van der Waals surface area contributed by atoms with E-state index in [1.54, 1.807) is 56.6 Å². The molecule has 0 fully saturated rings. The zero-order valence-electron chi connectivity index (χ0n) is 16.9. The van der Waals surface area contributed by atoms with Crippen LogP contribution in [0.4, 0.5) is 0 Å². The largest absolute Gasteiger partial charge is 0.493 e. The van der Waals surface area contributed by atoms with Crippen LogP contribution < -0.4 is 20.1 Å². The Hall–Kier alpha value is -3.55. The summed E-state index contributed by atoms with van der Waals surface area (Å²) in [4.78, 5) is 37.6. The van der Waals surface area contributed by atoms with Crippen molar-refractivity contribution in [1.82, 2.24) is 15.5 Å². The van der Waals surface area contributed by atoms with Gasteiger partial charge in [-0.25, -0.2) is 0 Å². The van der Waals surface area contributed by atoms with Gasteiger partial charge < -0.3 is 25.0 Å². The van der Waals surface area contributed by atoms with Crippen molar-refractivity contribution in [3.63, 3.8) is 0 Å². The molecule has 0 atom stereocenters. The van der Waals surface area contributed by atoms with Gasteiger partial charge in [0.25, 0.3) is 11.8 Å². The molecule has 29 heavy (non-hydrogen) atoms. The Morgan fingerprint density at radius 1 is 0.862 bits per heavy atom. The predicted molar refractivity (Wildman–Crippen MR) is 108 cm³/mol. The molecule has 0 spiro atoms. The molecule has 154 valence electrons. The highest BCUT2D eigenvalue weighted by molar-refractivity contribution is 5.97. The maximum Gasteiger partial charge on any atom is 0.253 e. The van der Waals surface area contributed by atoms with Crippen molar-refractivity contribution < 1.29 is 23.9 Å². The number of carbonyl (C=O) groups excluding carboxylic acids is 3. The average molecular weight is 399 g/mol. The van der Waals surface area contributed by atoms with Gasteiger partial charge in [0, 0.05) is 31.8 Å². The van der Waals surface area contributed by atoms with Crippen LogP contribution in [0.2, 0.25) is 0 Å². The highest BCUT2D eigenvalue weighted by Gasteiger charge is 2.12. The van der Waals surface area contributed by atoms with E-state index >= 15 is 0 Å². The Labute approximate surface area is 169 Å². The minimum Gasteiger partial charge on any atom is -0.493 e. The minimum absolute atomic E-state index is 0.0848. The second-order valence-electron chi connectivity index (χ2n) is 6.43. The van der Waals surface area contributed by atoms with Crippen LogP contribution in [0.15, 0.2) is 42.5 Å². The quantitative estimate of drug-likeness (QED) is 0.700. The third-order valence-corrected chi connectivity index (χ3v) is 4.15. The molecule has 3 amide bonds. The SMILES string of the molecule is COc1ccc(C(=O)NCC(=O)NCc2ccc(C(=O)N(C)C)cc2)cc1OC. The molecule has 0 heterocycles. The first-order valence-electron chi connectivity index (χ1n) is 8.93. The van der Waals surface area contributed by atoms with Gasteiger partial charge in [0.1, 0.15) is 0 Å². The van der Waals surface area contributed by atoms with Crippen LogP contribution in [0, 0.1) is 0 Å². The predicted octanol–water partition coefficient (Wildman–Crippen LogP) is 1.45. The molecule has 2 rings (SSSR count). The van der Waals surface area contributed by atoms with Gasteiger partial charge in [-0.2, -0.15) is 0 Å². The van der Waals surface area contributed by atoms with Gasteiger partial charge in [-0.15, -0.1) is 0 Å². The lowest BCUT2D eigenvalue weighted by Crippen LogP contribution is -2.36. The Kier molecular flexibility index (Phi) is 7.59. The van der Waals surface area contributed by atoms with Gasteiger partial charge in [0.05, 0.1) is 20.8 Å². The molecule has 2 aromatic carbocycles. The highest BCUT2D eigenvalue weighted by Crippen LogP contribution is 2.27. The van der Waals surface area contributed by atoms with Crippen LogP contribution >= 0.6 is 0 Å². The third-order valence-electron chi connectivity index (χ3n) is 4.15. The van der Waals surface area contributed by atoms with E-state index in [2.05, 4.69) is 10.6 Å². The van der Waals surface area contributed by atoms with Gasteiger partial charge in [0.15, 0.2) is 11.5 Å². The van der Waals surface area contributed by atoms with E-state index in [1.165, 1.54) is 19.1 Å². The number of hydrogen-bond donors (Lipinski definition) is 2. The summed E-state index contributed by atoms with van der Waals surface area (Å²) in [6.07, 6.45) is 0. The normalized spacial score (nSPS) is 10.1. The molecule has 0 saturated heterocycles. The summed E-state index contributed by atoms with van der Waals surface area (Å²) in [5, 5.41) is 5.29. The highest BCUT2D eigenvalue weighted by atomic mass is 16.5. The molecule has 0 aromatic heterocycles. The molecule has 0 aliphatic heterocycles. The number of hydrogen-bond acceptors (Lipinski definition) is 5. The molecule has 0 aliphatic rings. The third kappa shape index (κ3) is 5.97. The average Bonchev–Trinajstić information content (AvgIpc) is 2.75. The number of rotatable bonds is 8. The first kappa shape index (κ1) is 21.7. The molecule has 0 unspecified atom stereocenters. The standard InChI is InChI=1S/C21H25N3O5/c1-24(2)21(27)15-7-5-14(6-8-15)12-22-19(25)13-23-20(26)16-9-10-17(28-3)18(11-16)29-4/h5-11H,12-13H2,1-4H3,(H,22,25)(H,23,26). The summed E-state index contributed by atoms with van der Waals surface area (Å²) in [6, 6.07) is 11.7. The van der Waals surface area contributed by atoms with Crippen molar-refractivity contribution >= 4 is 17.7 Å². The number of ether oxygens (including phenoxy) is 2. The Bertz CT molecular complexity index is 878. The minimum atomic E-state index is -0.396. The molecule has 0 aliphatic carbocycles. The van der Waals surface area contributed by atoms with E-state index < -0.39 is 5.91 Å². The first-order valence-corrected chi connectivity index (χ1v) is 8.93. The topological polar surface area (TPSA) is 97.0 Å². The summed E-state index contributed by atoms with van der Waals surface area (Å²) in [5.41, 5.74) is 1.78. The monoisotopic (exact) mass is 399 g/mol. The van der Waals surface area contributed by atoms with Crippen LogP contribution in [0.3, 0.4) is 0 Å². The van der Waals surface area contributed by atoms with Crippen molar-refractivity contribution in [1.29, 1.82) is 0 Å². The molecule has 8 heteroatoms. The van der Waals surface area contributed by atoms with Crippen molar-refractivity contribution in [2.45, 2.75) is 6.54 Å². The number of amides is 3. The summed E-state index contributed by atoms with van der Waals surface area (Å²) in [5.74, 6) is 0.138. The van der Waals surface area contributed by atoms with Crippen molar-refractivity contribution in [2.75, 3.05) is 34.9 Å². The molecule has 0 bridgehead atoms. The lowest BCUT2D eigenvalue weighted by Gasteiger charge is -2.11. The first-order chi connectivity index (χ1) is 13.8. The zero-order valence-corrected chi connectivity index (χ0v) is 16.9. The van der Waals surface area contributed by atoms with E-state index in [-0.39, 0.29) is 18.4 Å². The van der Waals surface area contributed by atoms with Crippen LogP contribution in [-0.2, 0) is 11.3 Å². The maximum atomic E-state index is 12.2. The van der Waals surface area contributed by atoms with Gasteiger partial charge in [-0.3, -0.25) is 14.4 Å². The van der Waals surface area contributed by atoms with Crippen LogP contribution in [-0.4, -0.2) is 57.5 Å². The molecule has 2 aromatic rings. The van der Waals surface area contributed by atoms with E-state index in [4.69, 9.17) is 9.47 Å². The van der Waals surface area contributed by atoms with E-state index in [0.29, 0.717) is 29.2 Å². The summed E-state index contributed by atoms with van der Waals surface area (Å²) >= 11 is 0. The number of methoxy groups -OCH3 is 2. The van der Waals surface area contributed by atoms with E-state index in [9.17, 15) is 14.4 Å². The van der Waals surface area contributed by atoms with Gasteiger partial charge in [-0.05, 0) is 35.9 Å². The maximum absolute atomic E-state index is 12.2. The van der Waals surface area contributed by atoms with Crippen molar-refractivity contribution in [3.8, 4) is 11.5 Å². The van der Waals surface area contributed by atoms with Gasteiger partial charge in [0.2, 0.25) is 5.91 Å². The smallest absolute Gasteiger partial charge is 0.253 e. The molecular weight excluding hydrogens is 374 g/mol. The fraction of sp³-hybridized carbons (Fsp3) is 0.286. The molecular formula is C21H25N3O5. The Morgan fingerprint density at radius 3 is 2.07 bits per heavy atom. The molecule has 8 nitrogen and oxygen atoms in total. The number of nitrogens with one attached hydrogen (secondary N) is 2. The lowest BCUT2D eigenvalue weighted by molar-refractivity contribution is -0.120.